The van der Waals surface area contributed by atoms with Crippen molar-refractivity contribution >= 4 is 0 Å². The summed E-state index contributed by atoms with van der Waals surface area (Å²) in [6.07, 6.45) is 4.30. The number of hydrogen-bond donors (Lipinski definition) is 1. The maximum Gasteiger partial charge on any atom is 0.119 e. The molecule has 3 heteroatoms. The topological polar surface area (TPSA) is 34.2 Å². The summed E-state index contributed by atoms with van der Waals surface area (Å²) in [6.45, 7) is 0. The summed E-state index contributed by atoms with van der Waals surface area (Å²) in [4.78, 5) is 3.73. The van der Waals surface area contributed by atoms with Gasteiger partial charge in [0.25, 0.3) is 0 Å². The highest BCUT2D eigenvalue weighted by atomic mass is 16.5. The molecule has 126 valence electrons. The molecule has 25 heavy (non-hydrogen) atoms. The second kappa shape index (κ2) is 5.41. The lowest BCUT2D eigenvalue weighted by molar-refractivity contribution is 0.414. The van der Waals surface area contributed by atoms with Gasteiger partial charge in [-0.1, -0.05) is 12.1 Å². The highest BCUT2D eigenvalue weighted by Crippen LogP contribution is 2.47. The first-order valence-electron chi connectivity index (χ1n) is 8.87. The molecule has 0 saturated heterocycles. The van der Waals surface area contributed by atoms with Crippen LogP contribution in [0.3, 0.4) is 0 Å². The minimum atomic E-state index is 0.920. The smallest absolute Gasteiger partial charge is 0.119 e. The SMILES string of the molecule is COc1ccc2c(c1)-c1c([nH]c3c1-c1cc(OC)ccc1CC3)CC2. The van der Waals surface area contributed by atoms with Crippen LogP contribution in [0.25, 0.3) is 22.3 Å². The van der Waals surface area contributed by atoms with Gasteiger partial charge < -0.3 is 14.5 Å². The molecule has 2 aliphatic rings. The summed E-state index contributed by atoms with van der Waals surface area (Å²) < 4.78 is 11.0. The molecule has 1 heterocycles. The summed E-state index contributed by atoms with van der Waals surface area (Å²) in [7, 11) is 3.47. The van der Waals surface area contributed by atoms with Gasteiger partial charge in [0.15, 0.2) is 0 Å². The van der Waals surface area contributed by atoms with Crippen LogP contribution in [-0.2, 0) is 25.7 Å². The normalized spacial score (nSPS) is 14.2. The number of rotatable bonds is 2. The van der Waals surface area contributed by atoms with E-state index < -0.39 is 0 Å². The van der Waals surface area contributed by atoms with Crippen molar-refractivity contribution in [2.45, 2.75) is 25.7 Å². The van der Waals surface area contributed by atoms with Crippen molar-refractivity contribution in [2.24, 2.45) is 0 Å². The Morgan fingerprint density at radius 2 is 1.16 bits per heavy atom. The number of ether oxygens (including phenoxy) is 2. The van der Waals surface area contributed by atoms with Crippen LogP contribution in [-0.4, -0.2) is 19.2 Å². The summed E-state index contributed by atoms with van der Waals surface area (Å²) in [6, 6.07) is 12.9. The zero-order valence-corrected chi connectivity index (χ0v) is 14.6. The van der Waals surface area contributed by atoms with Crippen LogP contribution in [0.5, 0.6) is 11.5 Å². The third-order valence-electron chi connectivity index (χ3n) is 5.62. The van der Waals surface area contributed by atoms with E-state index in [-0.39, 0.29) is 0 Å². The van der Waals surface area contributed by atoms with E-state index in [2.05, 4.69) is 41.4 Å². The van der Waals surface area contributed by atoms with Gasteiger partial charge in [0, 0.05) is 22.5 Å². The van der Waals surface area contributed by atoms with Gasteiger partial charge in [-0.05, 0) is 72.2 Å². The van der Waals surface area contributed by atoms with Crippen LogP contribution in [0.15, 0.2) is 36.4 Å². The van der Waals surface area contributed by atoms with Crippen molar-refractivity contribution in [2.75, 3.05) is 14.2 Å². The van der Waals surface area contributed by atoms with Gasteiger partial charge in [-0.3, -0.25) is 0 Å². The Kier molecular flexibility index (Phi) is 3.17. The summed E-state index contributed by atoms with van der Waals surface area (Å²) >= 11 is 0. The fourth-order valence-electron chi connectivity index (χ4n) is 4.36. The first-order chi connectivity index (χ1) is 12.3. The molecule has 0 aliphatic heterocycles. The third kappa shape index (κ3) is 2.12. The van der Waals surface area contributed by atoms with Gasteiger partial charge in [0.05, 0.1) is 14.2 Å². The monoisotopic (exact) mass is 331 g/mol. The van der Waals surface area contributed by atoms with Gasteiger partial charge in [0.1, 0.15) is 11.5 Å². The van der Waals surface area contributed by atoms with E-state index in [1.165, 1.54) is 44.8 Å². The molecule has 2 aromatic carbocycles. The average molecular weight is 331 g/mol. The second-order valence-corrected chi connectivity index (χ2v) is 6.88. The Labute approximate surface area is 147 Å². The summed E-state index contributed by atoms with van der Waals surface area (Å²) in [5.41, 5.74) is 10.9. The summed E-state index contributed by atoms with van der Waals surface area (Å²) in [5.74, 6) is 1.84. The first-order valence-corrected chi connectivity index (χ1v) is 8.87. The Morgan fingerprint density at radius 1 is 0.680 bits per heavy atom. The molecule has 0 unspecified atom stereocenters. The van der Waals surface area contributed by atoms with Crippen LogP contribution in [0, 0.1) is 0 Å². The molecule has 3 aromatic rings. The number of aryl methyl sites for hydroxylation is 4. The maximum absolute atomic E-state index is 5.49. The van der Waals surface area contributed by atoms with Crippen LogP contribution in [0.2, 0.25) is 0 Å². The Balaban J connectivity index is 1.79. The lowest BCUT2D eigenvalue weighted by atomic mass is 9.81. The predicted molar refractivity (Wildman–Crippen MR) is 99.6 cm³/mol. The molecule has 0 saturated carbocycles. The fourth-order valence-corrected chi connectivity index (χ4v) is 4.36. The van der Waals surface area contributed by atoms with Crippen LogP contribution < -0.4 is 9.47 Å². The van der Waals surface area contributed by atoms with Crippen LogP contribution in [0.4, 0.5) is 0 Å². The highest BCUT2D eigenvalue weighted by Gasteiger charge is 2.29. The lowest BCUT2D eigenvalue weighted by Gasteiger charge is -2.22. The molecule has 1 N–H and O–H groups in total. The van der Waals surface area contributed by atoms with Crippen molar-refractivity contribution in [3.8, 4) is 33.8 Å². The number of hydrogen-bond acceptors (Lipinski definition) is 2. The minimum Gasteiger partial charge on any atom is -0.497 e. The van der Waals surface area contributed by atoms with Crippen molar-refractivity contribution in [1.82, 2.24) is 4.98 Å². The molecule has 0 spiro atoms. The van der Waals surface area contributed by atoms with Crippen molar-refractivity contribution in [3.05, 3.63) is 58.9 Å². The average Bonchev–Trinajstić information content (AvgIpc) is 3.06. The second-order valence-electron chi connectivity index (χ2n) is 6.88. The summed E-state index contributed by atoms with van der Waals surface area (Å²) in [5, 5.41) is 0. The number of aromatic amines is 1. The molecule has 0 bridgehead atoms. The van der Waals surface area contributed by atoms with Gasteiger partial charge in [-0.2, -0.15) is 0 Å². The predicted octanol–water partition coefficient (Wildman–Crippen LogP) is 4.56. The van der Waals surface area contributed by atoms with Crippen molar-refractivity contribution in [1.29, 1.82) is 0 Å². The van der Waals surface area contributed by atoms with E-state index in [1.807, 2.05) is 0 Å². The molecule has 1 aromatic heterocycles. The fraction of sp³-hybridized carbons (Fsp3) is 0.273. The quantitative estimate of drug-likeness (QED) is 0.747. The van der Waals surface area contributed by atoms with E-state index in [0.29, 0.717) is 0 Å². The van der Waals surface area contributed by atoms with E-state index in [9.17, 15) is 0 Å². The molecule has 0 amide bonds. The Morgan fingerprint density at radius 3 is 1.60 bits per heavy atom. The van der Waals surface area contributed by atoms with Crippen molar-refractivity contribution in [3.63, 3.8) is 0 Å². The largest absolute Gasteiger partial charge is 0.497 e. The number of fused-ring (bicyclic) bond motifs is 7. The number of nitrogens with one attached hydrogen (secondary N) is 1. The van der Waals surface area contributed by atoms with E-state index in [4.69, 9.17) is 9.47 Å². The van der Waals surface area contributed by atoms with Crippen LogP contribution >= 0.6 is 0 Å². The number of methoxy groups -OCH3 is 2. The molecule has 0 fully saturated rings. The zero-order chi connectivity index (χ0) is 17.0. The van der Waals surface area contributed by atoms with Crippen molar-refractivity contribution < 1.29 is 9.47 Å². The zero-order valence-electron chi connectivity index (χ0n) is 14.6. The molecule has 2 aliphatic carbocycles. The minimum absolute atomic E-state index is 0.920. The molecular formula is C22H21NO2. The van der Waals surface area contributed by atoms with E-state index in [0.717, 1.165) is 37.2 Å². The number of benzene rings is 2. The molecular weight excluding hydrogens is 310 g/mol. The Hall–Kier alpha value is -2.68. The van der Waals surface area contributed by atoms with Gasteiger partial charge >= 0.3 is 0 Å². The molecule has 0 radical (unpaired) electrons. The number of H-pyrrole nitrogens is 1. The van der Waals surface area contributed by atoms with Gasteiger partial charge in [0.2, 0.25) is 0 Å². The highest BCUT2D eigenvalue weighted by molar-refractivity contribution is 5.92. The standard InChI is InChI=1S/C22H21NO2/c1-24-15-7-3-13-5-9-19-21(17(13)11-15)22-18-12-16(25-2)8-4-14(18)6-10-20(22)23-19/h3-4,7-8,11-12,23H,5-6,9-10H2,1-2H3. The molecule has 5 rings (SSSR count). The van der Waals surface area contributed by atoms with Gasteiger partial charge in [-0.25, -0.2) is 0 Å². The maximum atomic E-state index is 5.49. The van der Waals surface area contributed by atoms with E-state index in [1.54, 1.807) is 14.2 Å². The Bertz CT molecular complexity index is 906. The van der Waals surface area contributed by atoms with E-state index >= 15 is 0 Å². The number of aromatic nitrogens is 1. The van der Waals surface area contributed by atoms with Crippen LogP contribution in [0.1, 0.15) is 22.5 Å². The van der Waals surface area contributed by atoms with Gasteiger partial charge in [-0.15, -0.1) is 0 Å². The first kappa shape index (κ1) is 14.6. The third-order valence-corrected chi connectivity index (χ3v) is 5.62. The lowest BCUT2D eigenvalue weighted by Crippen LogP contribution is -2.05. The molecule has 3 nitrogen and oxygen atoms in total. The molecule has 0 atom stereocenters.